The van der Waals surface area contributed by atoms with Gasteiger partial charge in [0, 0.05) is 6.54 Å². The highest BCUT2D eigenvalue weighted by Crippen LogP contribution is 2.26. The van der Waals surface area contributed by atoms with Crippen LogP contribution < -0.4 is 14.8 Å². The molecule has 0 bridgehead atoms. The molecule has 0 saturated carbocycles. The van der Waals surface area contributed by atoms with Gasteiger partial charge in [-0.3, -0.25) is 14.5 Å². The first kappa shape index (κ1) is 23.5. The first-order chi connectivity index (χ1) is 14.0. The van der Waals surface area contributed by atoms with Crippen molar-refractivity contribution in [2.24, 2.45) is 5.92 Å². The number of amides is 1. The summed E-state index contributed by atoms with van der Waals surface area (Å²) < 4.78 is 10.5. The van der Waals surface area contributed by atoms with Gasteiger partial charge in [0.25, 0.3) is 0 Å². The number of carboxylic acids is 1. The van der Waals surface area contributed by atoms with E-state index in [0.29, 0.717) is 19.5 Å². The van der Waals surface area contributed by atoms with Crippen LogP contribution in [-0.2, 0) is 9.59 Å². The fourth-order valence-corrected chi connectivity index (χ4v) is 3.54. The number of hydrogen-bond acceptors (Lipinski definition) is 5. The summed E-state index contributed by atoms with van der Waals surface area (Å²) in [7, 11) is 3.22. The van der Waals surface area contributed by atoms with Gasteiger partial charge < -0.3 is 19.9 Å². The summed E-state index contributed by atoms with van der Waals surface area (Å²) in [6, 6.07) is 14.8. The molecule has 3 rings (SSSR count). The molecule has 8 heteroatoms. The number of carboxylic acid groups (broad SMARTS) is 1. The number of carbonyl (C=O) groups is 2. The molecule has 1 amide bonds. The van der Waals surface area contributed by atoms with Gasteiger partial charge in [-0.2, -0.15) is 0 Å². The van der Waals surface area contributed by atoms with Gasteiger partial charge in [-0.05, 0) is 48.4 Å². The highest BCUT2D eigenvalue weighted by atomic mass is 35.5. The van der Waals surface area contributed by atoms with Crippen molar-refractivity contribution in [1.29, 1.82) is 0 Å². The maximum atomic E-state index is 12.7. The van der Waals surface area contributed by atoms with Crippen molar-refractivity contribution in [2.75, 3.05) is 33.9 Å². The lowest BCUT2D eigenvalue weighted by molar-refractivity contribution is -0.141. The molecule has 1 fully saturated rings. The van der Waals surface area contributed by atoms with Crippen LogP contribution in [0.25, 0.3) is 0 Å². The number of nitrogens with zero attached hydrogens (tertiary/aromatic N) is 1. The number of nitrogens with one attached hydrogen (secondary N) is 1. The first-order valence-corrected chi connectivity index (χ1v) is 9.52. The van der Waals surface area contributed by atoms with Crippen molar-refractivity contribution in [1.82, 2.24) is 10.2 Å². The SMILES string of the molecule is COc1ccc(C(NC(=O)CN2CCC(C(=O)O)C2)c2ccc(OC)cc2)cc1.Cl. The summed E-state index contributed by atoms with van der Waals surface area (Å²) in [6.45, 7) is 1.19. The predicted molar refractivity (Wildman–Crippen MR) is 115 cm³/mol. The number of likely N-dealkylation sites (tertiary alicyclic amines) is 1. The third-order valence-corrected chi connectivity index (χ3v) is 5.19. The van der Waals surface area contributed by atoms with E-state index in [-0.39, 0.29) is 30.9 Å². The molecule has 1 aliphatic rings. The number of methoxy groups -OCH3 is 2. The Labute approximate surface area is 182 Å². The molecule has 7 nitrogen and oxygen atoms in total. The maximum absolute atomic E-state index is 12.7. The number of rotatable bonds is 8. The third kappa shape index (κ3) is 5.87. The highest BCUT2D eigenvalue weighted by molar-refractivity contribution is 5.85. The average Bonchev–Trinajstić information content (AvgIpc) is 3.21. The molecule has 0 radical (unpaired) electrons. The van der Waals surface area contributed by atoms with E-state index >= 15 is 0 Å². The molecule has 1 heterocycles. The minimum absolute atomic E-state index is 0. The number of halogens is 1. The Morgan fingerprint density at radius 3 is 1.93 bits per heavy atom. The Morgan fingerprint density at radius 1 is 1.03 bits per heavy atom. The average molecular weight is 435 g/mol. The molecule has 1 aliphatic heterocycles. The molecule has 0 spiro atoms. The van der Waals surface area contributed by atoms with Crippen LogP contribution in [0.2, 0.25) is 0 Å². The lowest BCUT2D eigenvalue weighted by Crippen LogP contribution is -2.38. The molecule has 1 saturated heterocycles. The summed E-state index contributed by atoms with van der Waals surface area (Å²) >= 11 is 0. The van der Waals surface area contributed by atoms with E-state index in [1.807, 2.05) is 53.4 Å². The third-order valence-electron chi connectivity index (χ3n) is 5.19. The van der Waals surface area contributed by atoms with E-state index in [1.54, 1.807) is 14.2 Å². The molecule has 0 aromatic heterocycles. The van der Waals surface area contributed by atoms with Gasteiger partial charge in [0.1, 0.15) is 11.5 Å². The number of hydrogen-bond donors (Lipinski definition) is 2. The topological polar surface area (TPSA) is 88.1 Å². The second-order valence-electron chi connectivity index (χ2n) is 7.11. The minimum atomic E-state index is -0.803. The van der Waals surface area contributed by atoms with Crippen molar-refractivity contribution in [3.63, 3.8) is 0 Å². The molecule has 1 atom stereocenters. The summed E-state index contributed by atoms with van der Waals surface area (Å²) in [5, 5.41) is 12.2. The Kier molecular flexibility index (Phi) is 8.50. The molecule has 0 aliphatic carbocycles. The van der Waals surface area contributed by atoms with Gasteiger partial charge in [0.2, 0.25) is 5.91 Å². The van der Waals surface area contributed by atoms with Crippen LogP contribution in [0.1, 0.15) is 23.6 Å². The number of benzene rings is 2. The molecule has 1 unspecified atom stereocenters. The van der Waals surface area contributed by atoms with E-state index in [0.717, 1.165) is 22.6 Å². The van der Waals surface area contributed by atoms with Crippen LogP contribution in [0.5, 0.6) is 11.5 Å². The van der Waals surface area contributed by atoms with Crippen LogP contribution in [-0.4, -0.2) is 55.7 Å². The van der Waals surface area contributed by atoms with Crippen molar-refractivity contribution < 1.29 is 24.2 Å². The van der Waals surface area contributed by atoms with Crippen LogP contribution in [0.4, 0.5) is 0 Å². The minimum Gasteiger partial charge on any atom is -0.497 e. The van der Waals surface area contributed by atoms with Crippen molar-refractivity contribution in [3.05, 3.63) is 59.7 Å². The zero-order valence-electron chi connectivity index (χ0n) is 17.0. The monoisotopic (exact) mass is 434 g/mol. The Hall–Kier alpha value is -2.77. The van der Waals surface area contributed by atoms with Gasteiger partial charge >= 0.3 is 5.97 Å². The lowest BCUT2D eigenvalue weighted by Gasteiger charge is -2.22. The second-order valence-corrected chi connectivity index (χ2v) is 7.11. The molecule has 2 aromatic carbocycles. The first-order valence-electron chi connectivity index (χ1n) is 9.52. The fourth-order valence-electron chi connectivity index (χ4n) is 3.54. The smallest absolute Gasteiger partial charge is 0.307 e. The van der Waals surface area contributed by atoms with Crippen LogP contribution in [0.3, 0.4) is 0 Å². The van der Waals surface area contributed by atoms with E-state index in [9.17, 15) is 9.59 Å². The second kappa shape index (κ2) is 10.8. The van der Waals surface area contributed by atoms with Gasteiger partial charge in [-0.1, -0.05) is 24.3 Å². The molecule has 162 valence electrons. The number of carbonyl (C=O) groups excluding carboxylic acids is 1. The Morgan fingerprint density at radius 2 is 1.53 bits per heavy atom. The summed E-state index contributed by atoms with van der Waals surface area (Å²) in [5.74, 6) is 0.132. The van der Waals surface area contributed by atoms with Crippen molar-refractivity contribution >= 4 is 24.3 Å². The number of aliphatic carboxylic acids is 1. The zero-order chi connectivity index (χ0) is 20.8. The normalized spacial score (nSPS) is 16.0. The summed E-state index contributed by atoms with van der Waals surface area (Å²) in [5.41, 5.74) is 1.85. The van der Waals surface area contributed by atoms with Crippen LogP contribution >= 0.6 is 12.4 Å². The van der Waals surface area contributed by atoms with Crippen molar-refractivity contribution in [2.45, 2.75) is 12.5 Å². The van der Waals surface area contributed by atoms with E-state index in [1.165, 1.54) is 0 Å². The zero-order valence-corrected chi connectivity index (χ0v) is 17.9. The predicted octanol–water partition coefficient (Wildman–Crippen LogP) is 2.74. The molecular formula is C22H27ClN2O5. The van der Waals surface area contributed by atoms with Gasteiger partial charge in [-0.25, -0.2) is 0 Å². The Bertz CT molecular complexity index is 794. The summed E-state index contributed by atoms with van der Waals surface area (Å²) in [6.07, 6.45) is 0.572. The largest absolute Gasteiger partial charge is 0.497 e. The Balaban J connectivity index is 0.00000320. The van der Waals surface area contributed by atoms with Crippen molar-refractivity contribution in [3.8, 4) is 11.5 Å². The fraction of sp³-hybridized carbons (Fsp3) is 0.364. The quantitative estimate of drug-likeness (QED) is 0.664. The molecule has 2 aromatic rings. The van der Waals surface area contributed by atoms with Gasteiger partial charge in [0.15, 0.2) is 0 Å². The van der Waals surface area contributed by atoms with Crippen LogP contribution in [0, 0.1) is 5.92 Å². The molecule has 30 heavy (non-hydrogen) atoms. The van der Waals surface area contributed by atoms with Gasteiger partial charge in [0.05, 0.1) is 32.7 Å². The van der Waals surface area contributed by atoms with E-state index < -0.39 is 11.9 Å². The standard InChI is InChI=1S/C22H26N2O5.ClH/c1-28-18-7-3-15(4-8-18)21(16-5-9-19(29-2)10-6-16)23-20(25)14-24-12-11-17(13-24)22(26)27;/h3-10,17,21H,11-14H2,1-2H3,(H,23,25)(H,26,27);1H. The maximum Gasteiger partial charge on any atom is 0.307 e. The lowest BCUT2D eigenvalue weighted by atomic mass is 9.98. The molecular weight excluding hydrogens is 408 g/mol. The van der Waals surface area contributed by atoms with E-state index in [4.69, 9.17) is 14.6 Å². The highest BCUT2D eigenvalue weighted by Gasteiger charge is 2.29. The summed E-state index contributed by atoms with van der Waals surface area (Å²) in [4.78, 5) is 25.7. The molecule has 2 N–H and O–H groups in total. The van der Waals surface area contributed by atoms with E-state index in [2.05, 4.69) is 5.32 Å². The number of ether oxygens (including phenoxy) is 2. The van der Waals surface area contributed by atoms with Crippen LogP contribution in [0.15, 0.2) is 48.5 Å². The van der Waals surface area contributed by atoms with Gasteiger partial charge in [-0.15, -0.1) is 12.4 Å².